The molecular formula is C15H18N4OS. The zero-order valence-electron chi connectivity index (χ0n) is 11.8. The zero-order valence-corrected chi connectivity index (χ0v) is 12.6. The normalized spacial score (nSPS) is 14.3. The van der Waals surface area contributed by atoms with Gasteiger partial charge in [-0.2, -0.15) is 0 Å². The number of nitrogens with one attached hydrogen (secondary N) is 1. The van der Waals surface area contributed by atoms with Gasteiger partial charge in [0.05, 0.1) is 5.75 Å². The Hall–Kier alpha value is -1.82. The van der Waals surface area contributed by atoms with Crippen LogP contribution in [0.4, 0.5) is 5.69 Å². The van der Waals surface area contributed by atoms with Crippen LogP contribution < -0.4 is 5.32 Å². The smallest absolute Gasteiger partial charge is 0.234 e. The SMILES string of the molecule is O=C(CSc1nnc2n1CCCCC2)Nc1ccccc1. The summed E-state index contributed by atoms with van der Waals surface area (Å²) in [6, 6.07) is 9.50. The maximum Gasteiger partial charge on any atom is 0.234 e. The van der Waals surface area contributed by atoms with E-state index in [1.54, 1.807) is 0 Å². The third kappa shape index (κ3) is 3.64. The molecule has 0 spiro atoms. The molecule has 0 fully saturated rings. The minimum atomic E-state index is -0.0165. The lowest BCUT2D eigenvalue weighted by Gasteiger charge is -2.07. The molecule has 1 aliphatic heterocycles. The van der Waals surface area contributed by atoms with Crippen molar-refractivity contribution in [3.63, 3.8) is 0 Å². The molecule has 0 radical (unpaired) electrons. The van der Waals surface area contributed by atoms with Gasteiger partial charge in [0.1, 0.15) is 5.82 Å². The van der Waals surface area contributed by atoms with Gasteiger partial charge < -0.3 is 9.88 Å². The number of hydrogen-bond acceptors (Lipinski definition) is 4. The average Bonchev–Trinajstić information content (AvgIpc) is 2.73. The Bertz CT molecular complexity index is 611. The Labute approximate surface area is 128 Å². The lowest BCUT2D eigenvalue weighted by atomic mass is 10.2. The lowest BCUT2D eigenvalue weighted by molar-refractivity contribution is -0.113. The van der Waals surface area contributed by atoms with E-state index in [0.29, 0.717) is 5.75 Å². The van der Waals surface area contributed by atoms with E-state index in [4.69, 9.17) is 0 Å². The van der Waals surface area contributed by atoms with Gasteiger partial charge in [0, 0.05) is 18.7 Å². The lowest BCUT2D eigenvalue weighted by Crippen LogP contribution is -2.14. The van der Waals surface area contributed by atoms with E-state index in [2.05, 4.69) is 20.1 Å². The van der Waals surface area contributed by atoms with E-state index in [9.17, 15) is 4.79 Å². The maximum atomic E-state index is 12.0. The van der Waals surface area contributed by atoms with Crippen molar-refractivity contribution in [2.75, 3.05) is 11.1 Å². The van der Waals surface area contributed by atoms with E-state index in [1.807, 2.05) is 30.3 Å². The van der Waals surface area contributed by atoms with Crippen LogP contribution in [0.2, 0.25) is 0 Å². The number of rotatable bonds is 4. The highest BCUT2D eigenvalue weighted by atomic mass is 32.2. The number of fused-ring (bicyclic) bond motifs is 1. The second-order valence-electron chi connectivity index (χ2n) is 5.06. The monoisotopic (exact) mass is 302 g/mol. The Morgan fingerprint density at radius 2 is 2.05 bits per heavy atom. The molecule has 0 aliphatic carbocycles. The van der Waals surface area contributed by atoms with E-state index in [-0.39, 0.29) is 5.91 Å². The number of anilines is 1. The molecular weight excluding hydrogens is 284 g/mol. The summed E-state index contributed by atoms with van der Waals surface area (Å²) in [6.07, 6.45) is 4.57. The van der Waals surface area contributed by atoms with Crippen molar-refractivity contribution in [3.8, 4) is 0 Å². The van der Waals surface area contributed by atoms with Gasteiger partial charge in [-0.25, -0.2) is 0 Å². The van der Waals surface area contributed by atoms with E-state index in [1.165, 1.54) is 24.6 Å². The summed E-state index contributed by atoms with van der Waals surface area (Å²) in [5.74, 6) is 1.39. The van der Waals surface area contributed by atoms with Crippen molar-refractivity contribution in [2.24, 2.45) is 0 Å². The Balaban J connectivity index is 1.58. The average molecular weight is 302 g/mol. The number of aryl methyl sites for hydroxylation is 1. The molecule has 1 aromatic heterocycles. The molecule has 0 bridgehead atoms. The maximum absolute atomic E-state index is 12.0. The first-order chi connectivity index (χ1) is 10.3. The van der Waals surface area contributed by atoms with Gasteiger partial charge in [0.2, 0.25) is 5.91 Å². The van der Waals surface area contributed by atoms with Gasteiger partial charge in [0.25, 0.3) is 0 Å². The molecule has 110 valence electrons. The van der Waals surface area contributed by atoms with E-state index < -0.39 is 0 Å². The van der Waals surface area contributed by atoms with Gasteiger partial charge in [-0.1, -0.05) is 36.4 Å². The molecule has 1 aliphatic rings. The summed E-state index contributed by atoms with van der Waals surface area (Å²) >= 11 is 1.46. The fourth-order valence-electron chi connectivity index (χ4n) is 2.41. The molecule has 0 saturated heterocycles. The van der Waals surface area contributed by atoms with Gasteiger partial charge in [0.15, 0.2) is 5.16 Å². The molecule has 0 atom stereocenters. The summed E-state index contributed by atoms with van der Waals surface area (Å²) < 4.78 is 2.16. The fourth-order valence-corrected chi connectivity index (χ4v) is 3.20. The summed E-state index contributed by atoms with van der Waals surface area (Å²) in [5, 5.41) is 12.2. The molecule has 1 amide bonds. The predicted octanol–water partition coefficient (Wildman–Crippen LogP) is 2.74. The second-order valence-corrected chi connectivity index (χ2v) is 6.01. The number of amides is 1. The first kappa shape index (κ1) is 14.1. The van der Waals surface area contributed by atoms with Gasteiger partial charge in [-0.3, -0.25) is 4.79 Å². The zero-order chi connectivity index (χ0) is 14.5. The largest absolute Gasteiger partial charge is 0.325 e. The van der Waals surface area contributed by atoms with Crippen molar-refractivity contribution in [3.05, 3.63) is 36.2 Å². The minimum Gasteiger partial charge on any atom is -0.325 e. The van der Waals surface area contributed by atoms with Crippen LogP contribution in [0, 0.1) is 0 Å². The summed E-state index contributed by atoms with van der Waals surface area (Å²) in [6.45, 7) is 0.963. The van der Waals surface area contributed by atoms with Gasteiger partial charge in [-0.15, -0.1) is 10.2 Å². The van der Waals surface area contributed by atoms with E-state index in [0.717, 1.165) is 36.1 Å². The molecule has 5 nitrogen and oxygen atoms in total. The summed E-state index contributed by atoms with van der Waals surface area (Å²) in [5.41, 5.74) is 0.822. The Kier molecular flexibility index (Phi) is 4.55. The number of para-hydroxylation sites is 1. The highest BCUT2D eigenvalue weighted by Gasteiger charge is 2.15. The number of hydrogen-bond donors (Lipinski definition) is 1. The van der Waals surface area contributed by atoms with Crippen molar-refractivity contribution < 1.29 is 4.79 Å². The van der Waals surface area contributed by atoms with Crippen molar-refractivity contribution >= 4 is 23.4 Å². The molecule has 3 rings (SSSR count). The number of nitrogens with zero attached hydrogens (tertiary/aromatic N) is 3. The van der Waals surface area contributed by atoms with Crippen LogP contribution in [-0.4, -0.2) is 26.4 Å². The molecule has 0 unspecified atom stereocenters. The van der Waals surface area contributed by atoms with Crippen LogP contribution in [0.25, 0.3) is 0 Å². The Morgan fingerprint density at radius 1 is 1.19 bits per heavy atom. The predicted molar refractivity (Wildman–Crippen MR) is 83.4 cm³/mol. The molecule has 6 heteroatoms. The third-order valence-corrected chi connectivity index (χ3v) is 4.43. The molecule has 2 heterocycles. The second kappa shape index (κ2) is 6.76. The number of aromatic nitrogens is 3. The first-order valence-electron chi connectivity index (χ1n) is 7.23. The van der Waals surface area contributed by atoms with Crippen molar-refractivity contribution in [1.82, 2.24) is 14.8 Å². The topological polar surface area (TPSA) is 59.8 Å². The van der Waals surface area contributed by atoms with Gasteiger partial charge >= 0.3 is 0 Å². The van der Waals surface area contributed by atoms with Crippen LogP contribution in [0.1, 0.15) is 25.1 Å². The van der Waals surface area contributed by atoms with Crippen LogP contribution in [0.5, 0.6) is 0 Å². The standard InChI is InChI=1S/C15H18N4OS/c20-14(16-12-7-3-1-4-8-12)11-21-15-18-17-13-9-5-2-6-10-19(13)15/h1,3-4,7-8H,2,5-6,9-11H2,(H,16,20). The van der Waals surface area contributed by atoms with Crippen LogP contribution >= 0.6 is 11.8 Å². The summed E-state index contributed by atoms with van der Waals surface area (Å²) in [7, 11) is 0. The molecule has 1 aromatic carbocycles. The number of benzene rings is 1. The van der Waals surface area contributed by atoms with Crippen LogP contribution in [0.3, 0.4) is 0 Å². The fraction of sp³-hybridized carbons (Fsp3) is 0.400. The molecule has 0 saturated carbocycles. The highest BCUT2D eigenvalue weighted by molar-refractivity contribution is 7.99. The van der Waals surface area contributed by atoms with Gasteiger partial charge in [-0.05, 0) is 25.0 Å². The first-order valence-corrected chi connectivity index (χ1v) is 8.21. The number of thioether (sulfide) groups is 1. The molecule has 21 heavy (non-hydrogen) atoms. The highest BCUT2D eigenvalue weighted by Crippen LogP contribution is 2.21. The molecule has 1 N–H and O–H groups in total. The quantitative estimate of drug-likeness (QED) is 0.882. The van der Waals surface area contributed by atoms with Crippen molar-refractivity contribution in [1.29, 1.82) is 0 Å². The van der Waals surface area contributed by atoms with Crippen molar-refractivity contribution in [2.45, 2.75) is 37.4 Å². The van der Waals surface area contributed by atoms with E-state index >= 15 is 0 Å². The number of carbonyl (C=O) groups excluding carboxylic acids is 1. The number of carbonyl (C=O) groups is 1. The van der Waals surface area contributed by atoms with Crippen LogP contribution in [0.15, 0.2) is 35.5 Å². The minimum absolute atomic E-state index is 0.0165. The Morgan fingerprint density at radius 3 is 2.90 bits per heavy atom. The summed E-state index contributed by atoms with van der Waals surface area (Å²) in [4.78, 5) is 12.0. The third-order valence-electron chi connectivity index (χ3n) is 3.47. The molecule has 2 aromatic rings. The van der Waals surface area contributed by atoms with Crippen LogP contribution in [-0.2, 0) is 17.8 Å².